The highest BCUT2D eigenvalue weighted by atomic mass is 16.5. The molecule has 1 amide bonds. The summed E-state index contributed by atoms with van der Waals surface area (Å²) in [5, 5.41) is 2.70. The number of nitrogens with zero attached hydrogens (tertiary/aromatic N) is 1. The number of aromatic nitrogens is 1. The van der Waals surface area contributed by atoms with Gasteiger partial charge < -0.3 is 14.8 Å². The number of carbonyl (C=O) groups is 1. The molecule has 1 N–H and O–H groups in total. The van der Waals surface area contributed by atoms with Gasteiger partial charge in [0.2, 0.25) is 5.91 Å². The Balaban J connectivity index is 1.68. The van der Waals surface area contributed by atoms with E-state index < -0.39 is 0 Å². The highest BCUT2D eigenvalue weighted by Gasteiger charge is 2.14. The number of hydrogen-bond acceptors (Lipinski definition) is 4. The molecule has 1 atom stereocenters. The summed E-state index contributed by atoms with van der Waals surface area (Å²) < 4.78 is 10.8. The molecule has 0 spiro atoms. The van der Waals surface area contributed by atoms with Crippen molar-refractivity contribution < 1.29 is 14.3 Å². The highest BCUT2D eigenvalue weighted by molar-refractivity contribution is 5.91. The van der Waals surface area contributed by atoms with E-state index >= 15 is 0 Å². The summed E-state index contributed by atoms with van der Waals surface area (Å²) in [6, 6.07) is 3.39. The maximum atomic E-state index is 11.7. The first-order valence-corrected chi connectivity index (χ1v) is 6.66. The number of terminal acetylenes is 1. The first-order valence-electron chi connectivity index (χ1n) is 6.66. The van der Waals surface area contributed by atoms with Crippen LogP contribution in [0.2, 0.25) is 0 Å². The Labute approximate surface area is 118 Å². The standard InChI is InChI=1S/C15H18N2O3/c1-2-13-5-6-14(8-16-13)17-15(18)11-20-10-12-4-3-7-19-9-12/h1,5-6,8,12H,3-4,7,9-11H2,(H,17,18). The van der Waals surface area contributed by atoms with Crippen molar-refractivity contribution in [1.29, 1.82) is 0 Å². The molecule has 5 nitrogen and oxygen atoms in total. The quantitative estimate of drug-likeness (QED) is 0.825. The van der Waals surface area contributed by atoms with Crippen LogP contribution in [0.3, 0.4) is 0 Å². The lowest BCUT2D eigenvalue weighted by Gasteiger charge is -2.21. The summed E-state index contributed by atoms with van der Waals surface area (Å²) in [7, 11) is 0. The molecule has 2 rings (SSSR count). The molecule has 1 saturated heterocycles. The molecule has 0 bridgehead atoms. The van der Waals surface area contributed by atoms with Gasteiger partial charge in [0, 0.05) is 12.5 Å². The smallest absolute Gasteiger partial charge is 0.250 e. The van der Waals surface area contributed by atoms with Gasteiger partial charge in [-0.1, -0.05) is 5.92 Å². The van der Waals surface area contributed by atoms with E-state index in [-0.39, 0.29) is 12.5 Å². The van der Waals surface area contributed by atoms with Crippen LogP contribution in [0.15, 0.2) is 18.3 Å². The van der Waals surface area contributed by atoms with Crippen molar-refractivity contribution in [2.45, 2.75) is 12.8 Å². The number of amides is 1. The van der Waals surface area contributed by atoms with Crippen molar-refractivity contribution in [2.24, 2.45) is 5.92 Å². The molecule has 1 aliphatic heterocycles. The zero-order chi connectivity index (χ0) is 14.2. The van der Waals surface area contributed by atoms with E-state index in [4.69, 9.17) is 15.9 Å². The summed E-state index contributed by atoms with van der Waals surface area (Å²) >= 11 is 0. The molecule has 0 aliphatic carbocycles. The van der Waals surface area contributed by atoms with Crippen LogP contribution in [0.25, 0.3) is 0 Å². The second-order valence-electron chi connectivity index (χ2n) is 4.72. The van der Waals surface area contributed by atoms with Crippen molar-refractivity contribution in [3.8, 4) is 12.3 Å². The largest absolute Gasteiger partial charge is 0.381 e. The number of rotatable bonds is 5. The van der Waals surface area contributed by atoms with Gasteiger partial charge >= 0.3 is 0 Å². The van der Waals surface area contributed by atoms with Gasteiger partial charge in [-0.2, -0.15) is 0 Å². The Morgan fingerprint density at radius 3 is 3.15 bits per heavy atom. The van der Waals surface area contributed by atoms with Crippen LogP contribution in [0.4, 0.5) is 5.69 Å². The minimum Gasteiger partial charge on any atom is -0.381 e. The van der Waals surface area contributed by atoms with E-state index in [1.807, 2.05) is 0 Å². The fourth-order valence-corrected chi connectivity index (χ4v) is 2.01. The SMILES string of the molecule is C#Cc1ccc(NC(=O)COCC2CCCOC2)cn1. The third kappa shape index (κ3) is 4.65. The second kappa shape index (κ2) is 7.63. The van der Waals surface area contributed by atoms with E-state index in [1.165, 1.54) is 6.20 Å². The lowest BCUT2D eigenvalue weighted by molar-refractivity contribution is -0.121. The van der Waals surface area contributed by atoms with Crippen molar-refractivity contribution in [3.63, 3.8) is 0 Å². The second-order valence-corrected chi connectivity index (χ2v) is 4.72. The average molecular weight is 274 g/mol. The Hall–Kier alpha value is -1.90. The van der Waals surface area contributed by atoms with Crippen LogP contribution in [0.5, 0.6) is 0 Å². The number of nitrogens with one attached hydrogen (secondary N) is 1. The summed E-state index contributed by atoms with van der Waals surface area (Å²) in [4.78, 5) is 15.7. The van der Waals surface area contributed by atoms with Crippen molar-refractivity contribution in [2.75, 3.05) is 31.7 Å². The maximum absolute atomic E-state index is 11.7. The van der Waals surface area contributed by atoms with Crippen LogP contribution >= 0.6 is 0 Å². The van der Waals surface area contributed by atoms with Gasteiger partial charge in [-0.3, -0.25) is 4.79 Å². The Morgan fingerprint density at radius 1 is 1.60 bits per heavy atom. The molecule has 2 heterocycles. The van der Waals surface area contributed by atoms with Gasteiger partial charge in [-0.05, 0) is 25.0 Å². The molecule has 1 aromatic heterocycles. The number of ether oxygens (including phenoxy) is 2. The lowest BCUT2D eigenvalue weighted by atomic mass is 10.0. The van der Waals surface area contributed by atoms with Crippen LogP contribution < -0.4 is 5.32 Å². The summed E-state index contributed by atoms with van der Waals surface area (Å²) in [5.74, 6) is 2.62. The molecule has 1 aromatic rings. The number of pyridine rings is 1. The normalized spacial score (nSPS) is 18.2. The Kier molecular flexibility index (Phi) is 5.54. The predicted molar refractivity (Wildman–Crippen MR) is 75.2 cm³/mol. The zero-order valence-corrected chi connectivity index (χ0v) is 11.3. The molecule has 1 unspecified atom stereocenters. The van der Waals surface area contributed by atoms with E-state index in [2.05, 4.69) is 16.2 Å². The van der Waals surface area contributed by atoms with E-state index in [0.717, 1.165) is 26.1 Å². The molecule has 1 aliphatic rings. The zero-order valence-electron chi connectivity index (χ0n) is 11.3. The minimum atomic E-state index is -0.197. The monoisotopic (exact) mass is 274 g/mol. The predicted octanol–water partition coefficient (Wildman–Crippen LogP) is 1.44. The first kappa shape index (κ1) is 14.5. The summed E-state index contributed by atoms with van der Waals surface area (Å²) in [5.41, 5.74) is 1.15. The van der Waals surface area contributed by atoms with E-state index in [9.17, 15) is 4.79 Å². The van der Waals surface area contributed by atoms with Gasteiger partial charge in [0.1, 0.15) is 12.3 Å². The minimum absolute atomic E-state index is 0.0351. The molecule has 0 aromatic carbocycles. The van der Waals surface area contributed by atoms with Gasteiger partial charge in [-0.25, -0.2) is 4.98 Å². The summed E-state index contributed by atoms with van der Waals surface area (Å²) in [6.07, 6.45) is 8.90. The fourth-order valence-electron chi connectivity index (χ4n) is 2.01. The lowest BCUT2D eigenvalue weighted by Crippen LogP contribution is -2.25. The van der Waals surface area contributed by atoms with Gasteiger partial charge in [0.15, 0.2) is 0 Å². The molecule has 0 saturated carbocycles. The Morgan fingerprint density at radius 2 is 2.50 bits per heavy atom. The average Bonchev–Trinajstić information content (AvgIpc) is 2.49. The summed E-state index contributed by atoms with van der Waals surface area (Å²) in [6.45, 7) is 2.14. The molecular weight excluding hydrogens is 256 g/mol. The van der Waals surface area contributed by atoms with Crippen LogP contribution in [0, 0.1) is 18.3 Å². The topological polar surface area (TPSA) is 60.5 Å². The molecule has 1 fully saturated rings. The number of hydrogen-bond donors (Lipinski definition) is 1. The van der Waals surface area contributed by atoms with Crippen molar-refractivity contribution >= 4 is 11.6 Å². The molecule has 106 valence electrons. The van der Waals surface area contributed by atoms with E-state index in [1.54, 1.807) is 12.1 Å². The van der Waals surface area contributed by atoms with Gasteiger partial charge in [-0.15, -0.1) is 6.42 Å². The molecule has 5 heteroatoms. The number of carbonyl (C=O) groups excluding carboxylic acids is 1. The van der Waals surface area contributed by atoms with Gasteiger partial charge in [0.05, 0.1) is 25.1 Å². The molecular formula is C15H18N2O3. The van der Waals surface area contributed by atoms with Gasteiger partial charge in [0.25, 0.3) is 0 Å². The van der Waals surface area contributed by atoms with Crippen LogP contribution in [0.1, 0.15) is 18.5 Å². The van der Waals surface area contributed by atoms with Crippen molar-refractivity contribution in [3.05, 3.63) is 24.0 Å². The fraction of sp³-hybridized carbons (Fsp3) is 0.467. The highest BCUT2D eigenvalue weighted by Crippen LogP contribution is 2.13. The van der Waals surface area contributed by atoms with Crippen LogP contribution in [-0.2, 0) is 14.3 Å². The maximum Gasteiger partial charge on any atom is 0.250 e. The van der Waals surface area contributed by atoms with Crippen LogP contribution in [-0.4, -0.2) is 37.3 Å². The first-order chi connectivity index (χ1) is 9.78. The molecule has 0 radical (unpaired) electrons. The third-order valence-corrected chi connectivity index (χ3v) is 3.04. The van der Waals surface area contributed by atoms with E-state index in [0.29, 0.717) is 23.9 Å². The third-order valence-electron chi connectivity index (χ3n) is 3.04. The molecule has 20 heavy (non-hydrogen) atoms. The number of anilines is 1. The van der Waals surface area contributed by atoms with Crippen molar-refractivity contribution in [1.82, 2.24) is 4.98 Å². The Bertz CT molecular complexity index is 473.